The SMILES string of the molecule is c1ccc(-c2cc(-c3ccccc3)cc(-n3c4ccccc4c4ccc5c(c6ccccc6n5-c5ccccc5)c43)c2)cc1. The summed E-state index contributed by atoms with van der Waals surface area (Å²) in [6.45, 7) is 0. The smallest absolute Gasteiger partial charge is 0.0641 e. The molecule has 0 aliphatic rings. The molecule has 0 bridgehead atoms. The Hall–Kier alpha value is -5.86. The second-order valence-electron chi connectivity index (χ2n) is 11.4. The molecule has 9 aromatic rings. The summed E-state index contributed by atoms with van der Waals surface area (Å²) >= 11 is 0. The molecular formula is C42H28N2. The maximum absolute atomic E-state index is 2.49. The molecular weight excluding hydrogens is 532 g/mol. The molecule has 0 aliphatic heterocycles. The summed E-state index contributed by atoms with van der Waals surface area (Å²) in [5.74, 6) is 0. The molecule has 206 valence electrons. The predicted molar refractivity (Wildman–Crippen MR) is 186 cm³/mol. The lowest BCUT2D eigenvalue weighted by atomic mass is 9.98. The topological polar surface area (TPSA) is 9.86 Å². The largest absolute Gasteiger partial charge is 0.309 e. The molecule has 2 heteroatoms. The Morgan fingerprint density at radius 1 is 0.295 bits per heavy atom. The molecule has 0 aliphatic carbocycles. The van der Waals surface area contributed by atoms with Gasteiger partial charge in [0.1, 0.15) is 0 Å². The van der Waals surface area contributed by atoms with E-state index in [1.165, 1.54) is 65.9 Å². The molecule has 2 heterocycles. The van der Waals surface area contributed by atoms with Gasteiger partial charge in [0.2, 0.25) is 0 Å². The van der Waals surface area contributed by atoms with Crippen molar-refractivity contribution >= 4 is 43.6 Å². The molecule has 0 radical (unpaired) electrons. The van der Waals surface area contributed by atoms with Gasteiger partial charge in [0, 0.05) is 32.9 Å². The Morgan fingerprint density at radius 3 is 1.45 bits per heavy atom. The van der Waals surface area contributed by atoms with E-state index in [2.05, 4.69) is 179 Å². The Kier molecular flexibility index (Phi) is 5.54. The van der Waals surface area contributed by atoms with Gasteiger partial charge < -0.3 is 9.13 Å². The van der Waals surface area contributed by atoms with Gasteiger partial charge in [0.25, 0.3) is 0 Å². The van der Waals surface area contributed by atoms with Gasteiger partial charge in [-0.2, -0.15) is 0 Å². The van der Waals surface area contributed by atoms with Crippen molar-refractivity contribution in [2.24, 2.45) is 0 Å². The number of para-hydroxylation sites is 3. The van der Waals surface area contributed by atoms with E-state index in [1.807, 2.05) is 0 Å². The van der Waals surface area contributed by atoms with Crippen molar-refractivity contribution in [2.75, 3.05) is 0 Å². The fourth-order valence-electron chi connectivity index (χ4n) is 6.97. The third-order valence-corrected chi connectivity index (χ3v) is 8.87. The van der Waals surface area contributed by atoms with E-state index in [4.69, 9.17) is 0 Å². The van der Waals surface area contributed by atoms with Crippen molar-refractivity contribution < 1.29 is 0 Å². The number of fused-ring (bicyclic) bond motifs is 7. The van der Waals surface area contributed by atoms with E-state index in [1.54, 1.807) is 0 Å². The highest BCUT2D eigenvalue weighted by Crippen LogP contribution is 2.43. The predicted octanol–water partition coefficient (Wildman–Crippen LogP) is 11.2. The molecule has 0 saturated carbocycles. The quantitative estimate of drug-likeness (QED) is 0.203. The number of aromatic nitrogens is 2. The zero-order valence-electron chi connectivity index (χ0n) is 24.1. The van der Waals surface area contributed by atoms with Gasteiger partial charge >= 0.3 is 0 Å². The number of benzene rings is 7. The summed E-state index contributed by atoms with van der Waals surface area (Å²) in [7, 11) is 0. The van der Waals surface area contributed by atoms with E-state index >= 15 is 0 Å². The first-order valence-electron chi connectivity index (χ1n) is 15.1. The van der Waals surface area contributed by atoms with Crippen LogP contribution in [0.5, 0.6) is 0 Å². The Bertz CT molecular complexity index is 2410. The third kappa shape index (κ3) is 3.75. The van der Waals surface area contributed by atoms with Crippen LogP contribution in [0.4, 0.5) is 0 Å². The lowest BCUT2D eigenvalue weighted by Crippen LogP contribution is -1.97. The molecule has 2 nitrogen and oxygen atoms in total. The molecule has 9 rings (SSSR count). The zero-order valence-corrected chi connectivity index (χ0v) is 24.1. The van der Waals surface area contributed by atoms with Gasteiger partial charge in [-0.25, -0.2) is 0 Å². The summed E-state index contributed by atoms with van der Waals surface area (Å²) in [5, 5.41) is 5.04. The van der Waals surface area contributed by atoms with Crippen molar-refractivity contribution in [1.29, 1.82) is 0 Å². The average molecular weight is 561 g/mol. The van der Waals surface area contributed by atoms with Crippen molar-refractivity contribution in [3.63, 3.8) is 0 Å². The van der Waals surface area contributed by atoms with E-state index in [9.17, 15) is 0 Å². The van der Waals surface area contributed by atoms with Gasteiger partial charge in [-0.15, -0.1) is 0 Å². The van der Waals surface area contributed by atoms with E-state index in [0.29, 0.717) is 0 Å². The fraction of sp³-hybridized carbons (Fsp3) is 0. The Labute approximate surface area is 255 Å². The highest BCUT2D eigenvalue weighted by molar-refractivity contribution is 6.26. The molecule has 2 aromatic heterocycles. The van der Waals surface area contributed by atoms with Crippen LogP contribution in [0.15, 0.2) is 170 Å². The van der Waals surface area contributed by atoms with Crippen molar-refractivity contribution in [3.05, 3.63) is 170 Å². The molecule has 44 heavy (non-hydrogen) atoms. The molecule has 0 fully saturated rings. The highest BCUT2D eigenvalue weighted by atomic mass is 15.0. The number of hydrogen-bond donors (Lipinski definition) is 0. The summed E-state index contributed by atoms with van der Waals surface area (Å²) in [6.07, 6.45) is 0. The normalized spacial score (nSPS) is 11.6. The first-order valence-corrected chi connectivity index (χ1v) is 15.1. The van der Waals surface area contributed by atoms with Gasteiger partial charge in [0.05, 0.1) is 22.1 Å². The minimum atomic E-state index is 1.15. The summed E-state index contributed by atoms with van der Waals surface area (Å²) < 4.78 is 4.90. The van der Waals surface area contributed by atoms with Crippen LogP contribution in [-0.2, 0) is 0 Å². The molecule has 0 amide bonds. The van der Waals surface area contributed by atoms with E-state index in [-0.39, 0.29) is 0 Å². The molecule has 0 saturated heterocycles. The first-order chi connectivity index (χ1) is 21.8. The standard InChI is InChI=1S/C42H28N2/c1-4-14-29(15-5-1)31-26-32(30-16-6-2-7-17-30)28-34(27-31)44-38-22-12-10-20-35(38)36-24-25-40-41(42(36)44)37-21-11-13-23-39(37)43(40)33-18-8-3-9-19-33/h1-28H. The minimum Gasteiger partial charge on any atom is -0.309 e. The molecule has 0 unspecified atom stereocenters. The number of rotatable bonds is 4. The minimum absolute atomic E-state index is 1.15. The lowest BCUT2D eigenvalue weighted by molar-refractivity contribution is 1.17. The van der Waals surface area contributed by atoms with Crippen LogP contribution in [0, 0.1) is 0 Å². The molecule has 0 atom stereocenters. The Morgan fingerprint density at radius 2 is 0.818 bits per heavy atom. The molecule has 0 spiro atoms. The van der Waals surface area contributed by atoms with Crippen molar-refractivity contribution in [3.8, 4) is 33.6 Å². The average Bonchev–Trinajstić information content (AvgIpc) is 3.62. The second-order valence-corrected chi connectivity index (χ2v) is 11.4. The van der Waals surface area contributed by atoms with Crippen LogP contribution in [0.25, 0.3) is 77.2 Å². The highest BCUT2D eigenvalue weighted by Gasteiger charge is 2.21. The van der Waals surface area contributed by atoms with Crippen LogP contribution in [-0.4, -0.2) is 9.13 Å². The van der Waals surface area contributed by atoms with E-state index < -0.39 is 0 Å². The van der Waals surface area contributed by atoms with Crippen molar-refractivity contribution in [1.82, 2.24) is 9.13 Å². The van der Waals surface area contributed by atoms with Gasteiger partial charge in [0.15, 0.2) is 0 Å². The van der Waals surface area contributed by atoms with Crippen LogP contribution < -0.4 is 0 Å². The van der Waals surface area contributed by atoms with Gasteiger partial charge in [-0.3, -0.25) is 0 Å². The fourth-order valence-corrected chi connectivity index (χ4v) is 6.97. The summed E-state index contributed by atoms with van der Waals surface area (Å²) in [4.78, 5) is 0. The molecule has 0 N–H and O–H groups in total. The van der Waals surface area contributed by atoms with Gasteiger partial charge in [-0.1, -0.05) is 121 Å². The monoisotopic (exact) mass is 560 g/mol. The zero-order chi connectivity index (χ0) is 29.0. The second kappa shape index (κ2) is 9.86. The maximum atomic E-state index is 2.49. The van der Waals surface area contributed by atoms with Crippen LogP contribution in [0.3, 0.4) is 0 Å². The van der Waals surface area contributed by atoms with Crippen LogP contribution in [0.1, 0.15) is 0 Å². The van der Waals surface area contributed by atoms with Crippen LogP contribution in [0.2, 0.25) is 0 Å². The Balaban J connectivity index is 1.46. The maximum Gasteiger partial charge on any atom is 0.0641 e. The van der Waals surface area contributed by atoms with Gasteiger partial charge in [-0.05, 0) is 70.8 Å². The number of nitrogens with zero attached hydrogens (tertiary/aromatic N) is 2. The van der Waals surface area contributed by atoms with Crippen LogP contribution >= 0.6 is 0 Å². The van der Waals surface area contributed by atoms with E-state index in [0.717, 1.165) is 11.4 Å². The number of hydrogen-bond acceptors (Lipinski definition) is 0. The first kappa shape index (κ1) is 24.7. The lowest BCUT2D eigenvalue weighted by Gasteiger charge is -2.15. The molecule has 7 aromatic carbocycles. The summed E-state index contributed by atoms with van der Waals surface area (Å²) in [6, 6.07) is 61.4. The third-order valence-electron chi connectivity index (χ3n) is 8.87. The van der Waals surface area contributed by atoms with Crippen molar-refractivity contribution in [2.45, 2.75) is 0 Å². The summed E-state index contributed by atoms with van der Waals surface area (Å²) in [5.41, 5.74) is 12.0.